The van der Waals surface area contributed by atoms with Crippen molar-refractivity contribution in [3.8, 4) is 0 Å². The van der Waals surface area contributed by atoms with Gasteiger partial charge in [-0.1, -0.05) is 48.5 Å². The molecule has 0 unspecified atom stereocenters. The van der Waals surface area contributed by atoms with Crippen LogP contribution in [0.2, 0.25) is 0 Å². The quantitative estimate of drug-likeness (QED) is 0.286. The van der Waals surface area contributed by atoms with Crippen LogP contribution in [0.15, 0.2) is 94.3 Å². The van der Waals surface area contributed by atoms with Gasteiger partial charge in [-0.05, 0) is 55.8 Å². The van der Waals surface area contributed by atoms with E-state index in [1.54, 1.807) is 49.4 Å². The topological polar surface area (TPSA) is 84.7 Å². The molecule has 0 atom stereocenters. The third-order valence-electron chi connectivity index (χ3n) is 5.13. The molecule has 0 aliphatic carbocycles. The van der Waals surface area contributed by atoms with Crippen LogP contribution < -0.4 is 4.31 Å². The van der Waals surface area contributed by atoms with Gasteiger partial charge in [0.15, 0.2) is 5.78 Å². The monoisotopic (exact) mass is 459 g/mol. The molecule has 0 N–H and O–H groups in total. The molecule has 1 aromatic heterocycles. The predicted octanol–water partition coefficient (Wildman–Crippen LogP) is 5.38. The Kier molecular flexibility index (Phi) is 5.98. The molecule has 7 heteroatoms. The van der Waals surface area contributed by atoms with Gasteiger partial charge in [0, 0.05) is 11.5 Å². The second-order valence-electron chi connectivity index (χ2n) is 7.43. The highest BCUT2D eigenvalue weighted by atomic mass is 32.2. The number of ketones is 1. The molecule has 1 amide bonds. The predicted molar refractivity (Wildman–Crippen MR) is 128 cm³/mol. The zero-order valence-corrected chi connectivity index (χ0v) is 18.9. The van der Waals surface area contributed by atoms with Crippen molar-refractivity contribution in [1.29, 1.82) is 0 Å². The normalized spacial score (nSPS) is 11.7. The van der Waals surface area contributed by atoms with Gasteiger partial charge in [0.1, 0.15) is 11.3 Å². The first-order chi connectivity index (χ1) is 15.8. The first-order valence-electron chi connectivity index (χ1n) is 10.2. The lowest BCUT2D eigenvalue weighted by Crippen LogP contribution is -2.35. The fraction of sp³-hybridized carbons (Fsp3) is 0.0769. The molecule has 0 saturated heterocycles. The van der Waals surface area contributed by atoms with Crippen molar-refractivity contribution >= 4 is 44.4 Å². The summed E-state index contributed by atoms with van der Waals surface area (Å²) in [5.74, 6) is -0.523. The average molecular weight is 460 g/mol. The summed E-state index contributed by atoms with van der Waals surface area (Å²) in [6, 6.07) is 21.4. The molecular formula is C26H21NO5S. The minimum atomic E-state index is -4.24. The summed E-state index contributed by atoms with van der Waals surface area (Å²) < 4.78 is 33.4. The van der Waals surface area contributed by atoms with E-state index in [1.807, 2.05) is 18.2 Å². The molecule has 0 spiro atoms. The van der Waals surface area contributed by atoms with Gasteiger partial charge in [-0.3, -0.25) is 9.59 Å². The second kappa shape index (κ2) is 8.88. The Morgan fingerprint density at radius 2 is 1.55 bits per heavy atom. The van der Waals surface area contributed by atoms with Gasteiger partial charge < -0.3 is 4.42 Å². The summed E-state index contributed by atoms with van der Waals surface area (Å²) in [6.45, 7) is 3.08. The van der Waals surface area contributed by atoms with Gasteiger partial charge >= 0.3 is 0 Å². The number of rotatable bonds is 6. The molecule has 0 saturated carbocycles. The SMILES string of the molecule is CC(=O)c1c(C)oc2ccc(N(C(=O)C=Cc3ccccc3)S(=O)(=O)c3ccccc3)cc12. The maximum atomic E-state index is 13.5. The van der Waals surface area contributed by atoms with E-state index < -0.39 is 15.9 Å². The number of hydrogen-bond donors (Lipinski definition) is 0. The minimum absolute atomic E-state index is 0.0262. The Bertz CT molecular complexity index is 1470. The molecule has 0 fully saturated rings. The van der Waals surface area contributed by atoms with Crippen molar-refractivity contribution in [2.24, 2.45) is 0 Å². The van der Waals surface area contributed by atoms with Crippen LogP contribution >= 0.6 is 0 Å². The molecule has 0 aliphatic rings. The Morgan fingerprint density at radius 3 is 2.18 bits per heavy atom. The van der Waals surface area contributed by atoms with Crippen LogP contribution in [0.5, 0.6) is 0 Å². The number of Topliss-reactive ketones (excluding diaryl/α,β-unsaturated/α-hetero) is 1. The van der Waals surface area contributed by atoms with E-state index in [-0.39, 0.29) is 16.4 Å². The lowest BCUT2D eigenvalue weighted by molar-refractivity contribution is -0.113. The highest BCUT2D eigenvalue weighted by Gasteiger charge is 2.30. The first-order valence-corrected chi connectivity index (χ1v) is 11.6. The summed E-state index contributed by atoms with van der Waals surface area (Å²) >= 11 is 0. The number of carbonyl (C=O) groups is 2. The first kappa shape index (κ1) is 22.2. The van der Waals surface area contributed by atoms with Crippen molar-refractivity contribution in [3.63, 3.8) is 0 Å². The maximum Gasteiger partial charge on any atom is 0.271 e. The van der Waals surface area contributed by atoms with Crippen molar-refractivity contribution < 1.29 is 22.4 Å². The van der Waals surface area contributed by atoms with Crippen LogP contribution in [-0.4, -0.2) is 20.1 Å². The average Bonchev–Trinajstić information content (AvgIpc) is 3.14. The maximum absolute atomic E-state index is 13.5. The van der Waals surface area contributed by atoms with E-state index in [0.717, 1.165) is 9.87 Å². The molecule has 0 radical (unpaired) electrons. The molecule has 1 heterocycles. The number of nitrogens with zero attached hydrogens (tertiary/aromatic N) is 1. The molecule has 33 heavy (non-hydrogen) atoms. The van der Waals surface area contributed by atoms with Crippen LogP contribution in [0.1, 0.15) is 28.6 Å². The number of aryl methyl sites for hydroxylation is 1. The summed E-state index contributed by atoms with van der Waals surface area (Å²) in [4.78, 5) is 25.4. The van der Waals surface area contributed by atoms with Crippen molar-refractivity contribution in [1.82, 2.24) is 0 Å². The van der Waals surface area contributed by atoms with Gasteiger partial charge in [-0.2, -0.15) is 4.31 Å². The fourth-order valence-electron chi connectivity index (χ4n) is 3.65. The van der Waals surface area contributed by atoms with E-state index in [0.29, 0.717) is 22.3 Å². The standard InChI is InChI=1S/C26H21NO5S/c1-18(28)26-19(2)32-24-15-14-21(17-23(24)26)27(33(30,31)22-11-7-4-8-12-22)25(29)16-13-20-9-5-3-6-10-20/h3-17H,1-2H3. The molecule has 0 bridgehead atoms. The molecule has 166 valence electrons. The smallest absolute Gasteiger partial charge is 0.271 e. The third kappa shape index (κ3) is 4.36. The van der Waals surface area contributed by atoms with Crippen LogP contribution in [0.3, 0.4) is 0 Å². The molecule has 4 aromatic rings. The number of furan rings is 1. The van der Waals surface area contributed by atoms with Crippen LogP contribution in [0.4, 0.5) is 5.69 Å². The van der Waals surface area contributed by atoms with E-state index in [9.17, 15) is 18.0 Å². The highest BCUT2D eigenvalue weighted by molar-refractivity contribution is 7.93. The molecule has 4 rings (SSSR count). The third-order valence-corrected chi connectivity index (χ3v) is 6.87. The summed E-state index contributed by atoms with van der Waals surface area (Å²) in [5, 5.41) is 0.450. The number of fused-ring (bicyclic) bond motifs is 1. The van der Waals surface area contributed by atoms with Crippen LogP contribution in [-0.2, 0) is 14.8 Å². The number of sulfonamides is 1. The Morgan fingerprint density at radius 1 is 0.909 bits per heavy atom. The number of anilines is 1. The number of benzene rings is 3. The Balaban J connectivity index is 1.87. The summed E-state index contributed by atoms with van der Waals surface area (Å²) in [7, 11) is -4.24. The lowest BCUT2D eigenvalue weighted by Gasteiger charge is -2.21. The van der Waals surface area contributed by atoms with Crippen LogP contribution in [0.25, 0.3) is 17.0 Å². The lowest BCUT2D eigenvalue weighted by atomic mass is 10.1. The van der Waals surface area contributed by atoms with Crippen LogP contribution in [0, 0.1) is 6.92 Å². The van der Waals surface area contributed by atoms with E-state index >= 15 is 0 Å². The molecule has 0 aliphatic heterocycles. The van der Waals surface area contributed by atoms with Gasteiger partial charge in [0.05, 0.1) is 16.1 Å². The van der Waals surface area contributed by atoms with Gasteiger partial charge in [-0.25, -0.2) is 8.42 Å². The van der Waals surface area contributed by atoms with E-state index in [2.05, 4.69) is 0 Å². The van der Waals surface area contributed by atoms with Crippen molar-refractivity contribution in [3.05, 3.63) is 102 Å². The summed E-state index contributed by atoms with van der Waals surface area (Å²) in [6.07, 6.45) is 2.77. The molecule has 3 aromatic carbocycles. The van der Waals surface area contributed by atoms with Crippen molar-refractivity contribution in [2.75, 3.05) is 4.31 Å². The summed E-state index contributed by atoms with van der Waals surface area (Å²) in [5.41, 5.74) is 1.65. The minimum Gasteiger partial charge on any atom is -0.461 e. The number of hydrogen-bond acceptors (Lipinski definition) is 5. The zero-order valence-electron chi connectivity index (χ0n) is 18.1. The van der Waals surface area contributed by atoms with E-state index in [4.69, 9.17) is 4.42 Å². The van der Waals surface area contributed by atoms with E-state index in [1.165, 1.54) is 37.3 Å². The number of amides is 1. The second-order valence-corrected chi connectivity index (χ2v) is 9.22. The highest BCUT2D eigenvalue weighted by Crippen LogP contribution is 2.32. The fourth-order valence-corrected chi connectivity index (χ4v) is 5.05. The Labute approximate surface area is 191 Å². The molecule has 6 nitrogen and oxygen atoms in total. The zero-order chi connectivity index (χ0) is 23.6. The van der Waals surface area contributed by atoms with Gasteiger partial charge in [0.25, 0.3) is 15.9 Å². The Hall–Kier alpha value is -3.97. The van der Waals surface area contributed by atoms with Gasteiger partial charge in [-0.15, -0.1) is 0 Å². The van der Waals surface area contributed by atoms with Crippen molar-refractivity contribution in [2.45, 2.75) is 18.7 Å². The molecular weight excluding hydrogens is 438 g/mol. The van der Waals surface area contributed by atoms with Gasteiger partial charge in [0.2, 0.25) is 0 Å². The largest absolute Gasteiger partial charge is 0.461 e. The number of carbonyl (C=O) groups excluding carboxylic acids is 2.